The van der Waals surface area contributed by atoms with Crippen LogP contribution in [-0.4, -0.2) is 24.1 Å². The SMILES string of the molecule is N=C(N)c1cccc(OC2CCOC3(CCC3)C2)c1. The first-order valence-electron chi connectivity index (χ1n) is 6.92. The molecule has 4 nitrogen and oxygen atoms in total. The van der Waals surface area contributed by atoms with E-state index >= 15 is 0 Å². The van der Waals surface area contributed by atoms with Crippen molar-refractivity contribution in [1.29, 1.82) is 5.41 Å². The number of hydrogen-bond acceptors (Lipinski definition) is 3. The largest absolute Gasteiger partial charge is 0.490 e. The van der Waals surface area contributed by atoms with Crippen molar-refractivity contribution in [2.45, 2.75) is 43.8 Å². The van der Waals surface area contributed by atoms with Crippen molar-refractivity contribution < 1.29 is 9.47 Å². The molecule has 1 aromatic carbocycles. The molecule has 1 spiro atoms. The van der Waals surface area contributed by atoms with E-state index < -0.39 is 0 Å². The third-order valence-corrected chi connectivity index (χ3v) is 4.16. The summed E-state index contributed by atoms with van der Waals surface area (Å²) in [6.45, 7) is 0.789. The second kappa shape index (κ2) is 4.85. The van der Waals surface area contributed by atoms with Crippen LogP contribution in [0.5, 0.6) is 5.75 Å². The zero-order valence-corrected chi connectivity index (χ0v) is 11.0. The highest BCUT2D eigenvalue weighted by Gasteiger charge is 2.43. The predicted octanol–water partition coefficient (Wildman–Crippen LogP) is 2.45. The second-order valence-corrected chi connectivity index (χ2v) is 5.56. The van der Waals surface area contributed by atoms with E-state index in [1.165, 1.54) is 19.3 Å². The molecule has 1 atom stereocenters. The Labute approximate surface area is 113 Å². The normalized spacial score (nSPS) is 24.7. The molecular weight excluding hydrogens is 240 g/mol. The summed E-state index contributed by atoms with van der Waals surface area (Å²) < 4.78 is 11.9. The fraction of sp³-hybridized carbons (Fsp3) is 0.533. The van der Waals surface area contributed by atoms with Crippen LogP contribution in [0, 0.1) is 5.41 Å². The van der Waals surface area contributed by atoms with Gasteiger partial charge in [-0.05, 0) is 31.4 Å². The number of rotatable bonds is 3. The number of nitrogens with two attached hydrogens (primary N) is 1. The van der Waals surface area contributed by atoms with Crippen molar-refractivity contribution >= 4 is 5.84 Å². The zero-order valence-electron chi connectivity index (χ0n) is 11.0. The predicted molar refractivity (Wildman–Crippen MR) is 73.6 cm³/mol. The lowest BCUT2D eigenvalue weighted by molar-refractivity contribution is -0.153. The molecule has 2 fully saturated rings. The molecule has 1 unspecified atom stereocenters. The minimum Gasteiger partial charge on any atom is -0.490 e. The summed E-state index contributed by atoms with van der Waals surface area (Å²) in [5.74, 6) is 0.877. The van der Waals surface area contributed by atoms with Gasteiger partial charge in [-0.15, -0.1) is 0 Å². The van der Waals surface area contributed by atoms with Crippen LogP contribution < -0.4 is 10.5 Å². The van der Waals surface area contributed by atoms with Gasteiger partial charge >= 0.3 is 0 Å². The van der Waals surface area contributed by atoms with Gasteiger partial charge in [-0.3, -0.25) is 5.41 Å². The Hall–Kier alpha value is -1.55. The molecule has 4 heteroatoms. The summed E-state index contributed by atoms with van der Waals surface area (Å²) in [6, 6.07) is 7.47. The smallest absolute Gasteiger partial charge is 0.122 e. The van der Waals surface area contributed by atoms with Crippen molar-refractivity contribution in [2.75, 3.05) is 6.61 Å². The zero-order chi connectivity index (χ0) is 13.3. The Morgan fingerprint density at radius 3 is 2.95 bits per heavy atom. The molecule has 1 aromatic rings. The van der Waals surface area contributed by atoms with Gasteiger partial charge in [0, 0.05) is 18.4 Å². The molecular formula is C15H20N2O2. The highest BCUT2D eigenvalue weighted by atomic mass is 16.5. The van der Waals surface area contributed by atoms with Crippen molar-refractivity contribution in [3.63, 3.8) is 0 Å². The Balaban J connectivity index is 1.67. The van der Waals surface area contributed by atoms with Crippen LogP contribution in [-0.2, 0) is 4.74 Å². The molecule has 0 radical (unpaired) electrons. The lowest BCUT2D eigenvalue weighted by Crippen LogP contribution is -2.48. The minimum atomic E-state index is 0.0768. The van der Waals surface area contributed by atoms with Gasteiger partial charge in [0.15, 0.2) is 0 Å². The summed E-state index contributed by atoms with van der Waals surface area (Å²) in [6.07, 6.45) is 5.74. The Kier molecular flexibility index (Phi) is 3.19. The van der Waals surface area contributed by atoms with E-state index in [0.717, 1.165) is 25.2 Å². The monoisotopic (exact) mass is 260 g/mol. The fourth-order valence-electron chi connectivity index (χ4n) is 2.93. The number of nitrogen functional groups attached to an aromatic ring is 1. The lowest BCUT2D eigenvalue weighted by atomic mass is 9.74. The Morgan fingerprint density at radius 1 is 1.42 bits per heavy atom. The van der Waals surface area contributed by atoms with Gasteiger partial charge in [0.05, 0.1) is 12.2 Å². The Bertz CT molecular complexity index is 483. The van der Waals surface area contributed by atoms with Gasteiger partial charge in [-0.25, -0.2) is 0 Å². The highest BCUT2D eigenvalue weighted by molar-refractivity contribution is 5.95. The first-order valence-corrected chi connectivity index (χ1v) is 6.92. The number of hydrogen-bond donors (Lipinski definition) is 2. The third-order valence-electron chi connectivity index (χ3n) is 4.16. The maximum atomic E-state index is 7.46. The van der Waals surface area contributed by atoms with Crippen molar-refractivity contribution in [3.05, 3.63) is 29.8 Å². The fourth-order valence-corrected chi connectivity index (χ4v) is 2.93. The van der Waals surface area contributed by atoms with Gasteiger partial charge in [-0.1, -0.05) is 12.1 Å². The molecule has 0 bridgehead atoms. The van der Waals surface area contributed by atoms with E-state index in [0.29, 0.717) is 5.56 Å². The van der Waals surface area contributed by atoms with Crippen LogP contribution in [0.15, 0.2) is 24.3 Å². The van der Waals surface area contributed by atoms with Crippen LogP contribution in [0.25, 0.3) is 0 Å². The first kappa shape index (κ1) is 12.5. The van der Waals surface area contributed by atoms with E-state index in [4.69, 9.17) is 20.6 Å². The summed E-state index contributed by atoms with van der Waals surface area (Å²) in [5.41, 5.74) is 6.31. The van der Waals surface area contributed by atoms with Crippen molar-refractivity contribution in [1.82, 2.24) is 0 Å². The average Bonchev–Trinajstić information content (AvgIpc) is 2.37. The number of ether oxygens (including phenoxy) is 2. The standard InChI is InChI=1S/C15H20N2O2/c16-14(17)11-3-1-4-12(9-11)19-13-5-8-18-15(10-13)6-2-7-15/h1,3-4,9,13H,2,5-8,10H2,(H3,16,17). The Morgan fingerprint density at radius 2 is 2.26 bits per heavy atom. The maximum absolute atomic E-state index is 7.46. The second-order valence-electron chi connectivity index (χ2n) is 5.56. The lowest BCUT2D eigenvalue weighted by Gasteiger charge is -2.46. The van der Waals surface area contributed by atoms with E-state index in [-0.39, 0.29) is 17.5 Å². The molecule has 1 aliphatic carbocycles. The molecule has 0 aromatic heterocycles. The van der Waals surface area contributed by atoms with E-state index in [2.05, 4.69) is 0 Å². The molecule has 1 saturated heterocycles. The molecule has 3 N–H and O–H groups in total. The van der Waals surface area contributed by atoms with Gasteiger partial charge in [0.1, 0.15) is 17.7 Å². The molecule has 2 aliphatic rings. The molecule has 0 amide bonds. The summed E-state index contributed by atoms with van der Waals surface area (Å²) in [5, 5.41) is 7.46. The third kappa shape index (κ3) is 2.59. The van der Waals surface area contributed by atoms with E-state index in [1.807, 2.05) is 24.3 Å². The molecule has 1 aliphatic heterocycles. The van der Waals surface area contributed by atoms with Crippen LogP contribution in [0.2, 0.25) is 0 Å². The van der Waals surface area contributed by atoms with E-state index in [1.54, 1.807) is 0 Å². The minimum absolute atomic E-state index is 0.0768. The molecule has 1 heterocycles. The summed E-state index contributed by atoms with van der Waals surface area (Å²) in [7, 11) is 0. The van der Waals surface area contributed by atoms with Gasteiger partial charge in [0.2, 0.25) is 0 Å². The van der Waals surface area contributed by atoms with Crippen molar-refractivity contribution in [2.24, 2.45) is 5.73 Å². The molecule has 102 valence electrons. The van der Waals surface area contributed by atoms with Crippen LogP contribution in [0.3, 0.4) is 0 Å². The maximum Gasteiger partial charge on any atom is 0.122 e. The van der Waals surface area contributed by atoms with Crippen LogP contribution in [0.1, 0.15) is 37.7 Å². The number of amidine groups is 1. The quantitative estimate of drug-likeness (QED) is 0.648. The summed E-state index contributed by atoms with van der Waals surface area (Å²) in [4.78, 5) is 0. The van der Waals surface area contributed by atoms with Gasteiger partial charge in [-0.2, -0.15) is 0 Å². The van der Waals surface area contributed by atoms with E-state index in [9.17, 15) is 0 Å². The molecule has 3 rings (SSSR count). The van der Waals surface area contributed by atoms with Crippen molar-refractivity contribution in [3.8, 4) is 5.75 Å². The van der Waals surface area contributed by atoms with Gasteiger partial charge < -0.3 is 15.2 Å². The topological polar surface area (TPSA) is 68.3 Å². The van der Waals surface area contributed by atoms with Gasteiger partial charge in [0.25, 0.3) is 0 Å². The summed E-state index contributed by atoms with van der Waals surface area (Å²) >= 11 is 0. The highest BCUT2D eigenvalue weighted by Crippen LogP contribution is 2.43. The van der Waals surface area contributed by atoms with Crippen LogP contribution in [0.4, 0.5) is 0 Å². The number of benzene rings is 1. The first-order chi connectivity index (χ1) is 9.17. The molecule has 1 saturated carbocycles. The average molecular weight is 260 g/mol. The molecule has 19 heavy (non-hydrogen) atoms. The van der Waals surface area contributed by atoms with Crippen LogP contribution >= 0.6 is 0 Å². The number of nitrogens with one attached hydrogen (secondary N) is 1.